The van der Waals surface area contributed by atoms with Crippen molar-refractivity contribution in [3.63, 3.8) is 0 Å². The fourth-order valence-corrected chi connectivity index (χ4v) is 2.99. The fraction of sp³-hybridized carbons (Fsp3) is 0.474. The van der Waals surface area contributed by atoms with E-state index in [0.717, 1.165) is 23.4 Å². The molecular formula is C19H28N4O2. The Kier molecular flexibility index (Phi) is 7.01. The highest BCUT2D eigenvalue weighted by Gasteiger charge is 2.14. The van der Waals surface area contributed by atoms with Gasteiger partial charge in [-0.2, -0.15) is 5.10 Å². The molecule has 0 aliphatic heterocycles. The van der Waals surface area contributed by atoms with Gasteiger partial charge in [0.15, 0.2) is 0 Å². The lowest BCUT2D eigenvalue weighted by Crippen LogP contribution is -2.39. The van der Waals surface area contributed by atoms with E-state index in [1.807, 2.05) is 55.9 Å². The van der Waals surface area contributed by atoms with E-state index in [2.05, 4.69) is 15.7 Å². The van der Waals surface area contributed by atoms with Crippen LogP contribution in [0.15, 0.2) is 30.3 Å². The number of urea groups is 1. The summed E-state index contributed by atoms with van der Waals surface area (Å²) >= 11 is 0. The second-order valence-corrected chi connectivity index (χ2v) is 6.25. The van der Waals surface area contributed by atoms with Crippen molar-refractivity contribution in [1.82, 2.24) is 20.4 Å². The molecule has 0 spiro atoms. The quantitative estimate of drug-likeness (QED) is 0.688. The molecule has 136 valence electrons. The summed E-state index contributed by atoms with van der Waals surface area (Å²) in [6.07, 6.45) is 2.11. The third-order valence-corrected chi connectivity index (χ3v) is 4.48. The van der Waals surface area contributed by atoms with Gasteiger partial charge in [0.05, 0.1) is 11.7 Å². The van der Waals surface area contributed by atoms with Gasteiger partial charge in [-0.25, -0.2) is 4.79 Å². The number of amides is 2. The Hall–Kier alpha value is -2.34. The zero-order valence-electron chi connectivity index (χ0n) is 15.2. The minimum atomic E-state index is -0.189. The van der Waals surface area contributed by atoms with Gasteiger partial charge in [0.1, 0.15) is 0 Å². The van der Waals surface area contributed by atoms with E-state index in [4.69, 9.17) is 5.11 Å². The van der Waals surface area contributed by atoms with Crippen molar-refractivity contribution in [2.45, 2.75) is 39.2 Å². The first-order valence-corrected chi connectivity index (χ1v) is 8.72. The molecule has 0 bridgehead atoms. The molecule has 1 aromatic carbocycles. The smallest absolute Gasteiger partial charge is 0.315 e. The zero-order chi connectivity index (χ0) is 18.2. The van der Waals surface area contributed by atoms with E-state index < -0.39 is 0 Å². The molecule has 1 aromatic heterocycles. The molecule has 2 aromatic rings. The molecule has 25 heavy (non-hydrogen) atoms. The summed E-state index contributed by atoms with van der Waals surface area (Å²) in [6, 6.07) is 9.55. The Morgan fingerprint density at radius 1 is 1.28 bits per heavy atom. The maximum absolute atomic E-state index is 12.2. The predicted octanol–water partition coefficient (Wildman–Crippen LogP) is 2.39. The standard InChI is InChI=1S/C19H28N4O2/c1-14-17(15(2)23(3)22-14)11-12-20-19(25)21-18(10-7-13-24)16-8-5-4-6-9-16/h4-6,8-9,18,24H,7,10-13H2,1-3H3,(H2,20,21,25). The van der Waals surface area contributed by atoms with E-state index in [1.165, 1.54) is 5.56 Å². The van der Waals surface area contributed by atoms with Gasteiger partial charge in [0.2, 0.25) is 0 Å². The summed E-state index contributed by atoms with van der Waals surface area (Å²) in [4.78, 5) is 12.2. The van der Waals surface area contributed by atoms with Crippen LogP contribution >= 0.6 is 0 Å². The topological polar surface area (TPSA) is 79.2 Å². The van der Waals surface area contributed by atoms with Crippen LogP contribution in [0.25, 0.3) is 0 Å². The van der Waals surface area contributed by atoms with Crippen molar-refractivity contribution in [3.05, 3.63) is 52.8 Å². The summed E-state index contributed by atoms with van der Waals surface area (Å²) in [5.74, 6) is 0. The van der Waals surface area contributed by atoms with Crippen LogP contribution in [0.5, 0.6) is 0 Å². The van der Waals surface area contributed by atoms with Crippen molar-refractivity contribution in [1.29, 1.82) is 0 Å². The van der Waals surface area contributed by atoms with E-state index in [-0.39, 0.29) is 18.7 Å². The van der Waals surface area contributed by atoms with E-state index in [0.29, 0.717) is 19.4 Å². The number of aryl methyl sites for hydroxylation is 2. The summed E-state index contributed by atoms with van der Waals surface area (Å²) in [5, 5.41) is 19.4. The highest BCUT2D eigenvalue weighted by Crippen LogP contribution is 2.18. The molecule has 3 N–H and O–H groups in total. The molecule has 1 unspecified atom stereocenters. The van der Waals surface area contributed by atoms with Crippen LogP contribution in [0.1, 0.15) is 41.4 Å². The maximum Gasteiger partial charge on any atom is 0.315 e. The van der Waals surface area contributed by atoms with Crippen LogP contribution in [0.3, 0.4) is 0 Å². The van der Waals surface area contributed by atoms with Gasteiger partial charge in [-0.05, 0) is 44.2 Å². The lowest BCUT2D eigenvalue weighted by atomic mass is 10.0. The molecule has 0 radical (unpaired) electrons. The van der Waals surface area contributed by atoms with Crippen LogP contribution in [0.4, 0.5) is 4.79 Å². The number of hydrogen-bond acceptors (Lipinski definition) is 3. The van der Waals surface area contributed by atoms with Gasteiger partial charge in [-0.1, -0.05) is 30.3 Å². The van der Waals surface area contributed by atoms with Gasteiger partial charge in [-0.3, -0.25) is 4.68 Å². The SMILES string of the molecule is Cc1nn(C)c(C)c1CCNC(=O)NC(CCCO)c1ccccc1. The largest absolute Gasteiger partial charge is 0.396 e. The zero-order valence-corrected chi connectivity index (χ0v) is 15.2. The molecule has 1 heterocycles. The van der Waals surface area contributed by atoms with Crippen molar-refractivity contribution in [2.24, 2.45) is 7.05 Å². The van der Waals surface area contributed by atoms with E-state index in [1.54, 1.807) is 0 Å². The number of rotatable bonds is 8. The number of aliphatic hydroxyl groups is 1. The van der Waals surface area contributed by atoms with Crippen LogP contribution in [0.2, 0.25) is 0 Å². The molecule has 1 atom stereocenters. The Labute approximate surface area is 149 Å². The number of nitrogens with zero attached hydrogens (tertiary/aromatic N) is 2. The summed E-state index contributed by atoms with van der Waals surface area (Å²) in [5.41, 5.74) is 4.37. The highest BCUT2D eigenvalue weighted by atomic mass is 16.3. The Bertz CT molecular complexity index is 682. The normalized spacial score (nSPS) is 12.0. The molecule has 0 aliphatic rings. The first-order chi connectivity index (χ1) is 12.0. The lowest BCUT2D eigenvalue weighted by molar-refractivity contribution is 0.233. The molecule has 0 saturated heterocycles. The van der Waals surface area contributed by atoms with Crippen molar-refractivity contribution >= 4 is 6.03 Å². The highest BCUT2D eigenvalue weighted by molar-refractivity contribution is 5.74. The number of hydrogen-bond donors (Lipinski definition) is 3. The molecular weight excluding hydrogens is 316 g/mol. The predicted molar refractivity (Wildman–Crippen MR) is 98.4 cm³/mol. The van der Waals surface area contributed by atoms with Crippen LogP contribution in [-0.2, 0) is 13.5 Å². The molecule has 0 saturated carbocycles. The van der Waals surface area contributed by atoms with Crippen LogP contribution in [0, 0.1) is 13.8 Å². The van der Waals surface area contributed by atoms with Crippen molar-refractivity contribution in [2.75, 3.05) is 13.2 Å². The number of aliphatic hydroxyl groups excluding tert-OH is 1. The number of aromatic nitrogens is 2. The van der Waals surface area contributed by atoms with Gasteiger partial charge >= 0.3 is 6.03 Å². The molecule has 0 fully saturated rings. The second-order valence-electron chi connectivity index (χ2n) is 6.25. The molecule has 6 nitrogen and oxygen atoms in total. The minimum Gasteiger partial charge on any atom is -0.396 e. The molecule has 0 aliphatic carbocycles. The number of benzene rings is 1. The summed E-state index contributed by atoms with van der Waals surface area (Å²) in [7, 11) is 1.93. The summed E-state index contributed by atoms with van der Waals surface area (Å²) in [6.45, 7) is 4.70. The third kappa shape index (κ3) is 5.32. The average molecular weight is 344 g/mol. The van der Waals surface area contributed by atoms with E-state index >= 15 is 0 Å². The first-order valence-electron chi connectivity index (χ1n) is 8.72. The van der Waals surface area contributed by atoms with Crippen molar-refractivity contribution in [3.8, 4) is 0 Å². The van der Waals surface area contributed by atoms with Crippen LogP contribution < -0.4 is 10.6 Å². The number of nitrogens with one attached hydrogen (secondary N) is 2. The van der Waals surface area contributed by atoms with E-state index in [9.17, 15) is 4.79 Å². The molecule has 2 amide bonds. The third-order valence-electron chi connectivity index (χ3n) is 4.48. The van der Waals surface area contributed by atoms with Gasteiger partial charge in [-0.15, -0.1) is 0 Å². The van der Waals surface area contributed by atoms with Gasteiger partial charge < -0.3 is 15.7 Å². The number of carbonyl (C=O) groups is 1. The Morgan fingerprint density at radius 3 is 2.60 bits per heavy atom. The maximum atomic E-state index is 12.2. The average Bonchev–Trinajstić information content (AvgIpc) is 2.85. The van der Waals surface area contributed by atoms with Crippen LogP contribution in [-0.4, -0.2) is 34.1 Å². The lowest BCUT2D eigenvalue weighted by Gasteiger charge is -2.19. The van der Waals surface area contributed by atoms with Gasteiger partial charge in [0, 0.05) is 25.9 Å². The second kappa shape index (κ2) is 9.22. The molecule has 2 rings (SSSR count). The summed E-state index contributed by atoms with van der Waals surface area (Å²) < 4.78 is 1.87. The minimum absolute atomic E-state index is 0.102. The fourth-order valence-electron chi connectivity index (χ4n) is 2.99. The first kappa shape index (κ1) is 19.0. The van der Waals surface area contributed by atoms with Crippen molar-refractivity contribution < 1.29 is 9.90 Å². The Morgan fingerprint density at radius 2 is 2.00 bits per heavy atom. The number of carbonyl (C=O) groups excluding carboxylic acids is 1. The molecule has 6 heteroatoms. The monoisotopic (exact) mass is 344 g/mol. The Balaban J connectivity index is 1.88. The van der Waals surface area contributed by atoms with Gasteiger partial charge in [0.25, 0.3) is 0 Å².